The van der Waals surface area contributed by atoms with Crippen LogP contribution in [0.1, 0.15) is 16.1 Å². The molecule has 1 amide bonds. The van der Waals surface area contributed by atoms with Crippen molar-refractivity contribution < 1.29 is 26.4 Å². The molecule has 0 aliphatic carbocycles. The van der Waals surface area contributed by atoms with Crippen molar-refractivity contribution in [2.45, 2.75) is 11.1 Å². The van der Waals surface area contributed by atoms with Gasteiger partial charge in [0.15, 0.2) is 0 Å². The lowest BCUT2D eigenvalue weighted by atomic mass is 10.2. The lowest BCUT2D eigenvalue weighted by Crippen LogP contribution is -2.50. The quantitative estimate of drug-likeness (QED) is 0.782. The van der Waals surface area contributed by atoms with E-state index in [2.05, 4.69) is 9.97 Å². The number of alkyl halides is 3. The van der Waals surface area contributed by atoms with Crippen LogP contribution in [0.3, 0.4) is 0 Å². The van der Waals surface area contributed by atoms with Crippen LogP contribution in [0.2, 0.25) is 0 Å². The van der Waals surface area contributed by atoms with Crippen LogP contribution < -0.4 is 0 Å². The molecular weight excluding hydrogens is 385 g/mol. The number of hydrogen-bond donors (Lipinski definition) is 0. The third kappa shape index (κ3) is 4.08. The summed E-state index contributed by atoms with van der Waals surface area (Å²) in [6.45, 7) is 0.163. The molecule has 0 unspecified atom stereocenters. The average Bonchev–Trinajstić information content (AvgIpc) is 2.67. The van der Waals surface area contributed by atoms with Crippen molar-refractivity contribution in [2.24, 2.45) is 0 Å². The van der Waals surface area contributed by atoms with E-state index in [4.69, 9.17) is 0 Å². The fourth-order valence-electron chi connectivity index (χ4n) is 2.69. The topological polar surface area (TPSA) is 83.5 Å². The first-order valence-electron chi connectivity index (χ1n) is 7.92. The summed E-state index contributed by atoms with van der Waals surface area (Å²) in [5, 5.41) is 0. The zero-order chi connectivity index (χ0) is 19.7. The zero-order valence-corrected chi connectivity index (χ0v) is 14.7. The van der Waals surface area contributed by atoms with E-state index < -0.39 is 26.7 Å². The molecule has 1 saturated heterocycles. The van der Waals surface area contributed by atoms with Gasteiger partial charge in [0.25, 0.3) is 5.91 Å². The number of hydrogen-bond acceptors (Lipinski definition) is 5. The summed E-state index contributed by atoms with van der Waals surface area (Å²) in [6.07, 6.45) is -0.514. The molecule has 1 aliphatic rings. The molecule has 2 aromatic rings. The standard InChI is InChI=1S/C16H15F3N4O3S/c17-16(18,19)12-2-1-3-13(10-12)27(25,26)23-8-6-22(7-9-23)15(24)14-11-20-4-5-21-14/h1-5,10-11H,6-9H2. The molecule has 3 rings (SSSR count). The van der Waals surface area contributed by atoms with Crippen LogP contribution in [0.4, 0.5) is 13.2 Å². The second-order valence-corrected chi connectivity index (χ2v) is 7.75. The predicted octanol–water partition coefficient (Wildman–Crippen LogP) is 1.64. The van der Waals surface area contributed by atoms with Gasteiger partial charge in [-0.3, -0.25) is 9.78 Å². The summed E-state index contributed by atoms with van der Waals surface area (Å²) in [5.74, 6) is -0.376. The van der Waals surface area contributed by atoms with E-state index in [0.717, 1.165) is 22.5 Å². The average molecular weight is 400 g/mol. The van der Waals surface area contributed by atoms with Crippen molar-refractivity contribution in [1.82, 2.24) is 19.2 Å². The highest BCUT2D eigenvalue weighted by molar-refractivity contribution is 7.89. The number of piperazine rings is 1. The van der Waals surface area contributed by atoms with Gasteiger partial charge in [-0.1, -0.05) is 6.07 Å². The number of halogens is 3. The second-order valence-electron chi connectivity index (χ2n) is 5.81. The molecule has 7 nitrogen and oxygen atoms in total. The SMILES string of the molecule is O=C(c1cnccn1)N1CCN(S(=O)(=O)c2cccc(C(F)(F)F)c2)CC1. The van der Waals surface area contributed by atoms with Crippen LogP contribution in [0.25, 0.3) is 0 Å². The Morgan fingerprint density at radius 2 is 1.78 bits per heavy atom. The maximum Gasteiger partial charge on any atom is 0.416 e. The molecule has 144 valence electrons. The van der Waals surface area contributed by atoms with E-state index >= 15 is 0 Å². The van der Waals surface area contributed by atoms with Gasteiger partial charge in [0.2, 0.25) is 10.0 Å². The molecule has 0 bridgehead atoms. The van der Waals surface area contributed by atoms with Crippen LogP contribution in [0.5, 0.6) is 0 Å². The van der Waals surface area contributed by atoms with Crippen LogP contribution in [-0.4, -0.2) is 59.7 Å². The normalized spacial score (nSPS) is 16.3. The fraction of sp³-hybridized carbons (Fsp3) is 0.312. The summed E-state index contributed by atoms with van der Waals surface area (Å²) >= 11 is 0. The highest BCUT2D eigenvalue weighted by Crippen LogP contribution is 2.31. The summed E-state index contributed by atoms with van der Waals surface area (Å²) < 4.78 is 64.9. The van der Waals surface area contributed by atoms with Crippen LogP contribution >= 0.6 is 0 Å². The Bertz CT molecular complexity index is 927. The number of amides is 1. The van der Waals surface area contributed by atoms with E-state index in [-0.39, 0.29) is 37.8 Å². The van der Waals surface area contributed by atoms with E-state index in [0.29, 0.717) is 6.07 Å². The molecule has 1 fully saturated rings. The number of nitrogens with zero attached hydrogens (tertiary/aromatic N) is 4. The largest absolute Gasteiger partial charge is 0.416 e. The Labute approximate surface area is 153 Å². The van der Waals surface area contributed by atoms with Crippen molar-refractivity contribution in [1.29, 1.82) is 0 Å². The minimum Gasteiger partial charge on any atom is -0.335 e. The minimum atomic E-state index is -4.63. The first kappa shape index (κ1) is 19.2. The lowest BCUT2D eigenvalue weighted by Gasteiger charge is -2.33. The summed E-state index contributed by atoms with van der Waals surface area (Å²) in [7, 11) is -4.09. The van der Waals surface area contributed by atoms with Crippen LogP contribution in [0.15, 0.2) is 47.8 Å². The molecule has 27 heavy (non-hydrogen) atoms. The van der Waals surface area contributed by atoms with E-state index in [1.165, 1.54) is 23.5 Å². The third-order valence-electron chi connectivity index (χ3n) is 4.11. The van der Waals surface area contributed by atoms with Crippen LogP contribution in [0, 0.1) is 0 Å². The Balaban J connectivity index is 1.73. The molecule has 0 spiro atoms. The van der Waals surface area contributed by atoms with Gasteiger partial charge in [-0.2, -0.15) is 17.5 Å². The molecule has 1 aliphatic heterocycles. The van der Waals surface area contributed by atoms with Crippen molar-refractivity contribution in [2.75, 3.05) is 26.2 Å². The summed E-state index contributed by atoms with van der Waals surface area (Å²) in [6, 6.07) is 3.62. The molecule has 0 atom stereocenters. The van der Waals surface area contributed by atoms with Gasteiger partial charge in [0, 0.05) is 38.6 Å². The van der Waals surface area contributed by atoms with Crippen molar-refractivity contribution in [3.63, 3.8) is 0 Å². The molecule has 11 heteroatoms. The summed E-state index contributed by atoms with van der Waals surface area (Å²) in [4.78, 5) is 21.0. The van der Waals surface area contributed by atoms with Crippen molar-refractivity contribution in [3.05, 3.63) is 54.1 Å². The number of benzene rings is 1. The van der Waals surface area contributed by atoms with Crippen molar-refractivity contribution in [3.8, 4) is 0 Å². The van der Waals surface area contributed by atoms with Gasteiger partial charge in [-0.05, 0) is 18.2 Å². The Kier molecular flexibility index (Phi) is 5.16. The lowest BCUT2D eigenvalue weighted by molar-refractivity contribution is -0.137. The highest BCUT2D eigenvalue weighted by Gasteiger charge is 2.34. The van der Waals surface area contributed by atoms with Gasteiger partial charge in [-0.15, -0.1) is 0 Å². The molecular formula is C16H15F3N4O3S. The first-order valence-corrected chi connectivity index (χ1v) is 9.36. The number of carbonyl (C=O) groups is 1. The fourth-order valence-corrected chi connectivity index (χ4v) is 4.15. The number of aromatic nitrogens is 2. The second kappa shape index (κ2) is 7.24. The van der Waals surface area contributed by atoms with Gasteiger partial charge < -0.3 is 4.90 Å². The van der Waals surface area contributed by atoms with Gasteiger partial charge in [0.1, 0.15) is 5.69 Å². The van der Waals surface area contributed by atoms with Gasteiger partial charge in [0.05, 0.1) is 16.7 Å². The molecule has 1 aromatic heterocycles. The molecule has 2 heterocycles. The van der Waals surface area contributed by atoms with E-state index in [1.807, 2.05) is 0 Å². The number of sulfonamides is 1. The molecule has 1 aromatic carbocycles. The Morgan fingerprint density at radius 3 is 2.37 bits per heavy atom. The Morgan fingerprint density at radius 1 is 1.07 bits per heavy atom. The Hall–Kier alpha value is -2.53. The molecule has 0 N–H and O–H groups in total. The maximum atomic E-state index is 12.8. The third-order valence-corrected chi connectivity index (χ3v) is 6.00. The number of carbonyl (C=O) groups excluding carboxylic acids is 1. The summed E-state index contributed by atoms with van der Waals surface area (Å²) in [5.41, 5.74) is -0.883. The van der Waals surface area contributed by atoms with E-state index in [1.54, 1.807) is 0 Å². The smallest absolute Gasteiger partial charge is 0.335 e. The highest BCUT2D eigenvalue weighted by atomic mass is 32.2. The predicted molar refractivity (Wildman–Crippen MR) is 88.1 cm³/mol. The first-order chi connectivity index (χ1) is 12.7. The number of rotatable bonds is 3. The van der Waals surface area contributed by atoms with Crippen LogP contribution in [-0.2, 0) is 16.2 Å². The van der Waals surface area contributed by atoms with Gasteiger partial charge >= 0.3 is 6.18 Å². The molecule has 0 saturated carbocycles. The maximum absolute atomic E-state index is 12.8. The minimum absolute atomic E-state index is 0.0232. The molecule has 0 radical (unpaired) electrons. The van der Waals surface area contributed by atoms with E-state index in [9.17, 15) is 26.4 Å². The zero-order valence-electron chi connectivity index (χ0n) is 13.9. The van der Waals surface area contributed by atoms with Gasteiger partial charge in [-0.25, -0.2) is 13.4 Å². The monoisotopic (exact) mass is 400 g/mol. The van der Waals surface area contributed by atoms with Crippen molar-refractivity contribution >= 4 is 15.9 Å².